The molecule has 0 unspecified atom stereocenters. The molecule has 0 radical (unpaired) electrons. The van der Waals surface area contributed by atoms with Crippen LogP contribution in [0.5, 0.6) is 0 Å². The molecule has 120 valence electrons. The maximum Gasteiger partial charge on any atom is 0.225 e. The molecule has 0 spiro atoms. The SMILES string of the molecule is CC(C)CCN1CC[C@H]2[C@@H]1CC(=O)N2[C@@H](C)c1ccccc1. The zero-order valence-electron chi connectivity index (χ0n) is 14.0. The summed E-state index contributed by atoms with van der Waals surface area (Å²) in [6.07, 6.45) is 3.07. The Bertz CT molecular complexity index is 513. The zero-order valence-corrected chi connectivity index (χ0v) is 14.0. The summed E-state index contributed by atoms with van der Waals surface area (Å²) in [5.74, 6) is 1.07. The van der Waals surface area contributed by atoms with E-state index in [2.05, 4.69) is 54.8 Å². The minimum absolute atomic E-state index is 0.189. The van der Waals surface area contributed by atoms with Crippen molar-refractivity contribution in [2.45, 2.75) is 58.2 Å². The number of fused-ring (bicyclic) bond motifs is 1. The second kappa shape index (κ2) is 6.41. The summed E-state index contributed by atoms with van der Waals surface area (Å²) in [7, 11) is 0. The fourth-order valence-electron chi connectivity index (χ4n) is 4.06. The molecule has 0 aromatic heterocycles. The van der Waals surface area contributed by atoms with Crippen LogP contribution in [0.1, 0.15) is 51.6 Å². The second-order valence-corrected chi connectivity index (χ2v) is 7.23. The molecule has 22 heavy (non-hydrogen) atoms. The molecular weight excluding hydrogens is 272 g/mol. The summed E-state index contributed by atoms with van der Waals surface area (Å²) in [5.41, 5.74) is 1.25. The second-order valence-electron chi connectivity index (χ2n) is 7.23. The standard InChI is InChI=1S/C19H28N2O/c1-14(2)9-11-20-12-10-17-18(20)13-19(22)21(17)15(3)16-7-5-4-6-8-16/h4-8,14-15,17-18H,9-13H2,1-3H3/t15-,17-,18-/m0/s1. The van der Waals surface area contributed by atoms with Gasteiger partial charge in [0.15, 0.2) is 0 Å². The number of carbonyl (C=O) groups excluding carboxylic acids is 1. The number of carbonyl (C=O) groups is 1. The lowest BCUT2D eigenvalue weighted by Gasteiger charge is -2.31. The van der Waals surface area contributed by atoms with E-state index in [0.717, 1.165) is 25.4 Å². The van der Waals surface area contributed by atoms with Gasteiger partial charge in [0.1, 0.15) is 0 Å². The van der Waals surface area contributed by atoms with Gasteiger partial charge in [-0.15, -0.1) is 0 Å². The van der Waals surface area contributed by atoms with Crippen LogP contribution in [0.25, 0.3) is 0 Å². The van der Waals surface area contributed by atoms with Crippen molar-refractivity contribution in [1.82, 2.24) is 9.80 Å². The van der Waals surface area contributed by atoms with Crippen molar-refractivity contribution in [3.05, 3.63) is 35.9 Å². The van der Waals surface area contributed by atoms with Crippen LogP contribution in [0.3, 0.4) is 0 Å². The Labute approximate surface area is 134 Å². The molecule has 0 aliphatic carbocycles. The predicted octanol–water partition coefficient (Wildman–Crippen LogP) is 3.47. The van der Waals surface area contributed by atoms with Crippen LogP contribution in [0.2, 0.25) is 0 Å². The van der Waals surface area contributed by atoms with E-state index >= 15 is 0 Å². The van der Waals surface area contributed by atoms with Crippen LogP contribution in [0, 0.1) is 5.92 Å². The van der Waals surface area contributed by atoms with E-state index in [9.17, 15) is 4.79 Å². The Balaban J connectivity index is 1.71. The first-order valence-corrected chi connectivity index (χ1v) is 8.68. The topological polar surface area (TPSA) is 23.6 Å². The summed E-state index contributed by atoms with van der Waals surface area (Å²) in [5, 5.41) is 0. The number of amides is 1. The van der Waals surface area contributed by atoms with Crippen molar-refractivity contribution in [3.8, 4) is 0 Å². The minimum Gasteiger partial charge on any atom is -0.331 e. The van der Waals surface area contributed by atoms with E-state index in [1.54, 1.807) is 0 Å². The molecule has 3 heteroatoms. The fourth-order valence-corrected chi connectivity index (χ4v) is 4.06. The Kier molecular flexibility index (Phi) is 4.53. The number of hydrogen-bond donors (Lipinski definition) is 0. The van der Waals surface area contributed by atoms with Gasteiger partial charge in [0.05, 0.1) is 6.04 Å². The molecule has 1 aromatic rings. The lowest BCUT2D eigenvalue weighted by atomic mass is 10.0. The Morgan fingerprint density at radius 1 is 1.14 bits per heavy atom. The molecule has 2 saturated heterocycles. The molecule has 1 amide bonds. The summed E-state index contributed by atoms with van der Waals surface area (Å²) in [6, 6.07) is 11.5. The van der Waals surface area contributed by atoms with E-state index in [0.29, 0.717) is 24.4 Å². The molecule has 2 aliphatic heterocycles. The third-order valence-corrected chi connectivity index (χ3v) is 5.35. The quantitative estimate of drug-likeness (QED) is 0.831. The third kappa shape index (κ3) is 2.91. The number of rotatable bonds is 5. The Morgan fingerprint density at radius 3 is 2.55 bits per heavy atom. The molecular formula is C19H28N2O. The fraction of sp³-hybridized carbons (Fsp3) is 0.632. The number of likely N-dealkylation sites (tertiary alicyclic amines) is 2. The first-order valence-electron chi connectivity index (χ1n) is 8.68. The van der Waals surface area contributed by atoms with Gasteiger partial charge in [-0.25, -0.2) is 0 Å². The molecule has 1 aromatic carbocycles. The maximum atomic E-state index is 12.6. The van der Waals surface area contributed by atoms with E-state index in [1.807, 2.05) is 6.07 Å². The monoisotopic (exact) mass is 300 g/mol. The van der Waals surface area contributed by atoms with Crippen LogP contribution in [-0.2, 0) is 4.79 Å². The van der Waals surface area contributed by atoms with E-state index < -0.39 is 0 Å². The highest BCUT2D eigenvalue weighted by molar-refractivity contribution is 5.80. The molecule has 3 nitrogen and oxygen atoms in total. The molecule has 0 saturated carbocycles. The van der Waals surface area contributed by atoms with E-state index in [4.69, 9.17) is 0 Å². The smallest absolute Gasteiger partial charge is 0.225 e. The van der Waals surface area contributed by atoms with Crippen LogP contribution < -0.4 is 0 Å². The van der Waals surface area contributed by atoms with Gasteiger partial charge in [-0.05, 0) is 37.8 Å². The maximum absolute atomic E-state index is 12.6. The highest BCUT2D eigenvalue weighted by atomic mass is 16.2. The van der Waals surface area contributed by atoms with E-state index in [1.165, 1.54) is 12.0 Å². The molecule has 2 fully saturated rings. The van der Waals surface area contributed by atoms with Crippen molar-refractivity contribution in [3.63, 3.8) is 0 Å². The van der Waals surface area contributed by atoms with Crippen LogP contribution >= 0.6 is 0 Å². The van der Waals surface area contributed by atoms with Gasteiger partial charge < -0.3 is 4.90 Å². The van der Waals surface area contributed by atoms with Gasteiger partial charge in [-0.3, -0.25) is 9.69 Å². The normalized spacial score (nSPS) is 26.7. The summed E-state index contributed by atoms with van der Waals surface area (Å²) >= 11 is 0. The Hall–Kier alpha value is -1.35. The molecule has 2 heterocycles. The van der Waals surface area contributed by atoms with Gasteiger partial charge in [-0.2, -0.15) is 0 Å². The lowest BCUT2D eigenvalue weighted by Crippen LogP contribution is -2.39. The van der Waals surface area contributed by atoms with Gasteiger partial charge >= 0.3 is 0 Å². The molecule has 3 rings (SSSR count). The van der Waals surface area contributed by atoms with Gasteiger partial charge in [0.25, 0.3) is 0 Å². The van der Waals surface area contributed by atoms with Crippen molar-refractivity contribution in [2.24, 2.45) is 5.92 Å². The third-order valence-electron chi connectivity index (χ3n) is 5.35. The van der Waals surface area contributed by atoms with E-state index in [-0.39, 0.29) is 6.04 Å². The van der Waals surface area contributed by atoms with Crippen molar-refractivity contribution < 1.29 is 4.79 Å². The summed E-state index contributed by atoms with van der Waals surface area (Å²) in [4.78, 5) is 17.3. The van der Waals surface area contributed by atoms with Crippen LogP contribution in [0.4, 0.5) is 0 Å². The highest BCUT2D eigenvalue weighted by Crippen LogP contribution is 2.38. The van der Waals surface area contributed by atoms with Crippen molar-refractivity contribution in [1.29, 1.82) is 0 Å². The van der Waals surface area contributed by atoms with Crippen LogP contribution in [-0.4, -0.2) is 40.9 Å². The highest BCUT2D eigenvalue weighted by Gasteiger charge is 2.47. The van der Waals surface area contributed by atoms with Crippen molar-refractivity contribution in [2.75, 3.05) is 13.1 Å². The minimum atomic E-state index is 0.189. The molecule has 3 atom stereocenters. The van der Waals surface area contributed by atoms with Crippen molar-refractivity contribution >= 4 is 5.91 Å². The average molecular weight is 300 g/mol. The van der Waals surface area contributed by atoms with Gasteiger partial charge in [-0.1, -0.05) is 44.2 Å². The average Bonchev–Trinajstić information content (AvgIpc) is 3.03. The lowest BCUT2D eigenvalue weighted by molar-refractivity contribution is -0.131. The Morgan fingerprint density at radius 2 is 1.86 bits per heavy atom. The molecule has 0 N–H and O–H groups in total. The van der Waals surface area contributed by atoms with Gasteiger partial charge in [0.2, 0.25) is 5.91 Å². The number of hydrogen-bond acceptors (Lipinski definition) is 2. The summed E-state index contributed by atoms with van der Waals surface area (Å²) < 4.78 is 0. The molecule has 2 aliphatic rings. The van der Waals surface area contributed by atoms with Gasteiger partial charge in [0, 0.05) is 25.0 Å². The largest absolute Gasteiger partial charge is 0.331 e. The predicted molar refractivity (Wildman–Crippen MR) is 89.5 cm³/mol. The number of benzene rings is 1. The molecule has 0 bridgehead atoms. The summed E-state index contributed by atoms with van der Waals surface area (Å²) in [6.45, 7) is 9.01. The van der Waals surface area contributed by atoms with Crippen LogP contribution in [0.15, 0.2) is 30.3 Å². The first kappa shape index (κ1) is 15.5. The first-order chi connectivity index (χ1) is 10.6. The zero-order chi connectivity index (χ0) is 15.7. The number of nitrogens with zero attached hydrogens (tertiary/aromatic N) is 2.